The number of fused-ring (bicyclic) bond motifs is 5. The fourth-order valence-electron chi connectivity index (χ4n) is 6.39. The van der Waals surface area contributed by atoms with E-state index in [1.54, 1.807) is 68.7 Å². The van der Waals surface area contributed by atoms with Gasteiger partial charge in [0.25, 0.3) is 5.56 Å². The maximum Gasteiger partial charge on any atom is 0.514 e. The average molecular weight is 698 g/mol. The van der Waals surface area contributed by atoms with Crippen LogP contribution < -0.4 is 15.6 Å². The van der Waals surface area contributed by atoms with Gasteiger partial charge < -0.3 is 33.6 Å². The minimum Gasteiger partial charge on any atom is -0.457 e. The van der Waals surface area contributed by atoms with Crippen molar-refractivity contribution in [1.29, 1.82) is 0 Å². The number of carbonyl (C=O) groups is 4. The predicted molar refractivity (Wildman–Crippen MR) is 184 cm³/mol. The quantitative estimate of drug-likeness (QED) is 0.118. The van der Waals surface area contributed by atoms with Crippen LogP contribution in [0.4, 0.5) is 9.59 Å². The minimum absolute atomic E-state index is 0.00629. The van der Waals surface area contributed by atoms with E-state index in [9.17, 15) is 24.0 Å². The van der Waals surface area contributed by atoms with Gasteiger partial charge in [-0.2, -0.15) is 0 Å². The van der Waals surface area contributed by atoms with E-state index in [0.717, 1.165) is 22.1 Å². The molecule has 2 aromatic heterocycles. The largest absolute Gasteiger partial charge is 0.514 e. The van der Waals surface area contributed by atoms with Crippen LogP contribution in [-0.2, 0) is 60.3 Å². The highest BCUT2D eigenvalue weighted by Gasteiger charge is 2.51. The topological polar surface area (TPSA) is 161 Å². The van der Waals surface area contributed by atoms with E-state index in [2.05, 4.69) is 5.32 Å². The van der Waals surface area contributed by atoms with Crippen LogP contribution >= 0.6 is 0 Å². The van der Waals surface area contributed by atoms with E-state index >= 15 is 0 Å². The Hall–Kier alpha value is -5.72. The molecule has 0 saturated heterocycles. The number of amides is 1. The van der Waals surface area contributed by atoms with E-state index in [0.29, 0.717) is 23.3 Å². The van der Waals surface area contributed by atoms with E-state index in [-0.39, 0.29) is 43.1 Å². The van der Waals surface area contributed by atoms with Crippen LogP contribution in [0.15, 0.2) is 59.4 Å². The van der Waals surface area contributed by atoms with Gasteiger partial charge in [0.15, 0.2) is 0 Å². The van der Waals surface area contributed by atoms with Gasteiger partial charge in [0.1, 0.15) is 30.6 Å². The van der Waals surface area contributed by atoms with Crippen molar-refractivity contribution in [2.24, 2.45) is 0 Å². The van der Waals surface area contributed by atoms with Gasteiger partial charge in [0.05, 0.1) is 29.0 Å². The van der Waals surface area contributed by atoms with Gasteiger partial charge >= 0.3 is 24.2 Å². The summed E-state index contributed by atoms with van der Waals surface area (Å²) in [6.45, 7) is 10.2. The summed E-state index contributed by atoms with van der Waals surface area (Å²) in [5.41, 5.74) is 1.39. The monoisotopic (exact) mass is 697 g/mol. The number of hydrogen-bond acceptors (Lipinski definition) is 11. The molecule has 51 heavy (non-hydrogen) atoms. The van der Waals surface area contributed by atoms with Crippen molar-refractivity contribution in [3.8, 4) is 17.1 Å². The number of pyridine rings is 2. The molecule has 13 heteroatoms. The van der Waals surface area contributed by atoms with Crippen molar-refractivity contribution in [3.63, 3.8) is 0 Å². The molecule has 4 aromatic rings. The van der Waals surface area contributed by atoms with Crippen molar-refractivity contribution in [1.82, 2.24) is 14.9 Å². The number of benzene rings is 2. The molecule has 13 nitrogen and oxygen atoms in total. The first-order valence-corrected chi connectivity index (χ1v) is 16.8. The maximum absolute atomic E-state index is 14.1. The SMILES string of the molecule is CCc1c2c(nc3ccc(OC(=O)OC(C)(C)C)cc13)-c1cc3c(c(=O)n1C2)COC(=O)[C@@]3(CC)OC(=O)[C@H](C)NC(=O)OCc1ccccc1. The molecule has 1 N–H and O–H groups in total. The van der Waals surface area contributed by atoms with Crippen molar-refractivity contribution in [3.05, 3.63) is 92.8 Å². The highest BCUT2D eigenvalue weighted by Crippen LogP contribution is 2.42. The summed E-state index contributed by atoms with van der Waals surface area (Å²) in [6, 6.07) is 14.6. The van der Waals surface area contributed by atoms with Crippen molar-refractivity contribution >= 4 is 35.1 Å². The lowest BCUT2D eigenvalue weighted by atomic mass is 9.85. The molecule has 6 rings (SSSR count). The molecule has 266 valence electrons. The van der Waals surface area contributed by atoms with Crippen LogP contribution in [-0.4, -0.2) is 45.4 Å². The molecule has 0 unspecified atom stereocenters. The first-order chi connectivity index (χ1) is 24.2. The lowest BCUT2D eigenvalue weighted by Crippen LogP contribution is -2.50. The number of cyclic esters (lactones) is 1. The van der Waals surface area contributed by atoms with Gasteiger partial charge in [-0.1, -0.05) is 44.2 Å². The lowest BCUT2D eigenvalue weighted by Gasteiger charge is -2.36. The third-order valence-corrected chi connectivity index (χ3v) is 8.86. The molecular formula is C38H39N3O10. The van der Waals surface area contributed by atoms with Crippen LogP contribution in [0.3, 0.4) is 0 Å². The highest BCUT2D eigenvalue weighted by molar-refractivity contribution is 5.91. The van der Waals surface area contributed by atoms with Gasteiger partial charge in [0.2, 0.25) is 5.60 Å². The molecule has 2 aliphatic heterocycles. The number of nitrogens with one attached hydrogen (secondary N) is 1. The minimum atomic E-state index is -1.95. The third kappa shape index (κ3) is 6.75. The maximum atomic E-state index is 14.1. The lowest BCUT2D eigenvalue weighted by molar-refractivity contribution is -0.190. The van der Waals surface area contributed by atoms with Gasteiger partial charge in [0, 0.05) is 16.5 Å². The number of rotatable bonds is 8. The Balaban J connectivity index is 1.31. The van der Waals surface area contributed by atoms with Gasteiger partial charge in [-0.05, 0) is 75.9 Å². The van der Waals surface area contributed by atoms with Crippen LogP contribution in [0.25, 0.3) is 22.3 Å². The molecule has 0 aliphatic carbocycles. The van der Waals surface area contributed by atoms with Crippen LogP contribution in [0, 0.1) is 0 Å². The summed E-state index contributed by atoms with van der Waals surface area (Å²) in [5, 5.41) is 3.19. The molecule has 0 bridgehead atoms. The summed E-state index contributed by atoms with van der Waals surface area (Å²) in [5.74, 6) is -1.46. The number of hydrogen-bond donors (Lipinski definition) is 1. The molecule has 0 fully saturated rings. The Labute approximate surface area is 293 Å². The van der Waals surface area contributed by atoms with Crippen LogP contribution in [0.5, 0.6) is 5.75 Å². The van der Waals surface area contributed by atoms with Crippen molar-refractivity contribution in [2.45, 2.75) is 91.4 Å². The van der Waals surface area contributed by atoms with Crippen LogP contribution in [0.1, 0.15) is 75.8 Å². The third-order valence-electron chi connectivity index (χ3n) is 8.86. The fraction of sp³-hybridized carbons (Fsp3) is 0.368. The second kappa shape index (κ2) is 13.5. The molecule has 0 spiro atoms. The first kappa shape index (κ1) is 35.1. The molecule has 2 aliphatic rings. The summed E-state index contributed by atoms with van der Waals surface area (Å²) in [4.78, 5) is 70.7. The Bertz CT molecular complexity index is 2120. The Kier molecular flexibility index (Phi) is 9.32. The number of carbonyl (C=O) groups excluding carboxylic acids is 4. The second-order valence-electron chi connectivity index (χ2n) is 13.4. The molecule has 0 saturated carbocycles. The zero-order valence-corrected chi connectivity index (χ0v) is 29.3. The standard InChI is InChI=1S/C38H39N3O10/c1-7-24-25-16-23(49-36(46)51-37(4,5)6)14-15-29(25)40-31-26(24)18-41-30(31)17-28-27(32(41)42)20-47-34(44)38(28,8-2)50-33(43)21(3)39-35(45)48-19-22-12-10-9-11-13-22/h9-17,21H,7-8,18-20H2,1-6H3,(H,39,45)/t21-,38-/m0/s1. The fourth-order valence-corrected chi connectivity index (χ4v) is 6.39. The van der Waals surface area contributed by atoms with Crippen molar-refractivity contribution < 1.29 is 42.9 Å². The van der Waals surface area contributed by atoms with E-state index in [1.165, 1.54) is 6.92 Å². The molecule has 2 aromatic carbocycles. The van der Waals surface area contributed by atoms with E-state index in [1.807, 2.05) is 25.1 Å². The predicted octanol–water partition coefficient (Wildman–Crippen LogP) is 5.82. The molecule has 0 radical (unpaired) electrons. The smallest absolute Gasteiger partial charge is 0.457 e. The first-order valence-electron chi connectivity index (χ1n) is 16.8. The second-order valence-corrected chi connectivity index (χ2v) is 13.4. The average Bonchev–Trinajstić information content (AvgIpc) is 3.45. The zero-order chi connectivity index (χ0) is 36.7. The molecule has 4 heterocycles. The molecule has 1 amide bonds. The molecule has 2 atom stereocenters. The number of nitrogens with zero attached hydrogens (tertiary/aromatic N) is 2. The normalized spacial score (nSPS) is 16.6. The van der Waals surface area contributed by atoms with Gasteiger partial charge in [-0.25, -0.2) is 24.2 Å². The summed E-state index contributed by atoms with van der Waals surface area (Å²) < 4.78 is 28.9. The summed E-state index contributed by atoms with van der Waals surface area (Å²) in [7, 11) is 0. The Morgan fingerprint density at radius 2 is 1.78 bits per heavy atom. The number of alkyl carbamates (subject to hydrolysis) is 1. The number of aromatic nitrogens is 2. The zero-order valence-electron chi connectivity index (χ0n) is 29.3. The highest BCUT2D eigenvalue weighted by atomic mass is 16.7. The number of ether oxygens (including phenoxy) is 5. The van der Waals surface area contributed by atoms with Gasteiger partial charge in [-0.15, -0.1) is 0 Å². The number of esters is 2. The van der Waals surface area contributed by atoms with Crippen LogP contribution in [0.2, 0.25) is 0 Å². The van der Waals surface area contributed by atoms with E-state index < -0.39 is 47.0 Å². The number of aryl methyl sites for hydroxylation is 1. The van der Waals surface area contributed by atoms with E-state index in [4.69, 9.17) is 28.7 Å². The molecular weight excluding hydrogens is 658 g/mol. The summed E-state index contributed by atoms with van der Waals surface area (Å²) >= 11 is 0. The summed E-state index contributed by atoms with van der Waals surface area (Å²) in [6.07, 6.45) is -1.14. The van der Waals surface area contributed by atoms with Gasteiger partial charge in [-0.3, -0.25) is 4.79 Å². The Morgan fingerprint density at radius 3 is 2.47 bits per heavy atom. The van der Waals surface area contributed by atoms with Crippen molar-refractivity contribution in [2.75, 3.05) is 0 Å². The Morgan fingerprint density at radius 1 is 1.04 bits per heavy atom.